The van der Waals surface area contributed by atoms with Gasteiger partial charge in [-0.05, 0) is 50.2 Å². The number of nitrogens with one attached hydrogen (secondary N) is 2. The van der Waals surface area contributed by atoms with Crippen molar-refractivity contribution < 1.29 is 37.0 Å². The number of anilines is 2. The molecule has 0 fully saturated rings. The number of halogens is 5. The van der Waals surface area contributed by atoms with E-state index in [0.29, 0.717) is 17.9 Å². The van der Waals surface area contributed by atoms with Gasteiger partial charge in [-0.1, -0.05) is 29.3 Å². The third-order valence-electron chi connectivity index (χ3n) is 4.83. The lowest BCUT2D eigenvalue weighted by molar-refractivity contribution is -0.140. The maximum absolute atomic E-state index is 13.8. The molecular formula is C24H19ClF4N2O4. The number of benzene rings is 3. The number of amides is 2. The summed E-state index contributed by atoms with van der Waals surface area (Å²) in [6, 6.07) is 10.9. The summed E-state index contributed by atoms with van der Waals surface area (Å²) in [7, 11) is 0. The number of rotatable bonds is 6. The third-order valence-corrected chi connectivity index (χ3v) is 5.14. The van der Waals surface area contributed by atoms with Gasteiger partial charge < -0.3 is 20.5 Å². The largest absolute Gasteiger partial charge is 0.506 e. The number of alkyl halides is 3. The second-order valence-corrected chi connectivity index (χ2v) is 7.97. The highest BCUT2D eigenvalue weighted by Gasteiger charge is 2.34. The molecule has 0 aliphatic carbocycles. The van der Waals surface area contributed by atoms with Gasteiger partial charge >= 0.3 is 6.18 Å². The van der Waals surface area contributed by atoms with Gasteiger partial charge in [0.25, 0.3) is 11.8 Å². The molecule has 0 bridgehead atoms. The predicted octanol–water partition coefficient (Wildman–Crippen LogP) is 6.17. The average Bonchev–Trinajstić information content (AvgIpc) is 2.77. The van der Waals surface area contributed by atoms with E-state index in [9.17, 15) is 32.3 Å². The molecule has 3 aromatic carbocycles. The van der Waals surface area contributed by atoms with Crippen LogP contribution in [-0.4, -0.2) is 23.0 Å². The highest BCUT2D eigenvalue weighted by atomic mass is 35.5. The van der Waals surface area contributed by atoms with Crippen molar-refractivity contribution in [1.82, 2.24) is 0 Å². The van der Waals surface area contributed by atoms with E-state index >= 15 is 0 Å². The molecule has 35 heavy (non-hydrogen) atoms. The molecule has 3 N–H and O–H groups in total. The maximum Gasteiger partial charge on any atom is 0.419 e. The van der Waals surface area contributed by atoms with Crippen molar-refractivity contribution in [3.05, 3.63) is 82.1 Å². The number of carbonyl (C=O) groups excluding carboxylic acids is 2. The van der Waals surface area contributed by atoms with Crippen molar-refractivity contribution in [1.29, 1.82) is 0 Å². The van der Waals surface area contributed by atoms with Crippen LogP contribution in [0.1, 0.15) is 28.4 Å². The lowest BCUT2D eigenvalue weighted by Gasteiger charge is -2.16. The maximum atomic E-state index is 13.8. The molecule has 0 aliphatic rings. The first-order valence-electron chi connectivity index (χ1n) is 10.1. The SMILES string of the molecule is Cc1ccc(OC(C)C(=O)Nc2cc(O)c(NC(=O)c3ccc(C(F)(F)F)c(F)c3)cc2Cl)cc1. The Bertz CT molecular complexity index is 1260. The van der Waals surface area contributed by atoms with Crippen LogP contribution in [0.5, 0.6) is 11.5 Å². The van der Waals surface area contributed by atoms with E-state index in [-0.39, 0.29) is 16.4 Å². The van der Waals surface area contributed by atoms with Gasteiger partial charge in [0.1, 0.15) is 17.3 Å². The lowest BCUT2D eigenvalue weighted by atomic mass is 10.1. The summed E-state index contributed by atoms with van der Waals surface area (Å²) in [5.74, 6) is -3.19. The molecule has 0 saturated heterocycles. The average molecular weight is 511 g/mol. The number of hydrogen-bond donors (Lipinski definition) is 3. The van der Waals surface area contributed by atoms with Crippen molar-refractivity contribution in [3.63, 3.8) is 0 Å². The number of phenols is 1. The summed E-state index contributed by atoms with van der Waals surface area (Å²) in [6.45, 7) is 3.42. The van der Waals surface area contributed by atoms with Gasteiger partial charge in [-0.25, -0.2) is 4.39 Å². The fraction of sp³-hybridized carbons (Fsp3) is 0.167. The van der Waals surface area contributed by atoms with Gasteiger partial charge in [0.05, 0.1) is 22.0 Å². The molecule has 0 aromatic heterocycles. The zero-order valence-electron chi connectivity index (χ0n) is 18.3. The first-order chi connectivity index (χ1) is 16.3. The summed E-state index contributed by atoms with van der Waals surface area (Å²) in [4.78, 5) is 24.8. The number of phenolic OH excluding ortho intramolecular Hbond substituents is 1. The molecule has 1 atom stereocenters. The topological polar surface area (TPSA) is 87.7 Å². The van der Waals surface area contributed by atoms with Crippen LogP contribution in [0.15, 0.2) is 54.6 Å². The predicted molar refractivity (Wildman–Crippen MR) is 122 cm³/mol. The first kappa shape index (κ1) is 25.8. The van der Waals surface area contributed by atoms with Crippen LogP contribution in [0.25, 0.3) is 0 Å². The Morgan fingerprint density at radius 1 is 1.00 bits per heavy atom. The van der Waals surface area contributed by atoms with Crippen molar-refractivity contribution in [2.24, 2.45) is 0 Å². The van der Waals surface area contributed by atoms with Crippen LogP contribution in [0.4, 0.5) is 28.9 Å². The summed E-state index contributed by atoms with van der Waals surface area (Å²) in [6.07, 6.45) is -5.82. The molecule has 184 valence electrons. The van der Waals surface area contributed by atoms with Crippen LogP contribution < -0.4 is 15.4 Å². The zero-order valence-corrected chi connectivity index (χ0v) is 19.1. The van der Waals surface area contributed by atoms with Gasteiger partial charge in [0, 0.05) is 11.6 Å². The van der Waals surface area contributed by atoms with Crippen LogP contribution in [-0.2, 0) is 11.0 Å². The number of aromatic hydroxyl groups is 1. The molecule has 0 radical (unpaired) electrons. The summed E-state index contributed by atoms with van der Waals surface area (Å²) < 4.78 is 57.4. The fourth-order valence-electron chi connectivity index (χ4n) is 2.95. The van der Waals surface area contributed by atoms with E-state index in [1.807, 2.05) is 19.1 Å². The van der Waals surface area contributed by atoms with E-state index in [1.165, 1.54) is 6.92 Å². The molecule has 11 heteroatoms. The van der Waals surface area contributed by atoms with Gasteiger partial charge in [0.15, 0.2) is 6.10 Å². The van der Waals surface area contributed by atoms with Gasteiger partial charge in [0.2, 0.25) is 0 Å². The minimum Gasteiger partial charge on any atom is -0.506 e. The quantitative estimate of drug-likeness (QED) is 0.273. The van der Waals surface area contributed by atoms with Crippen molar-refractivity contribution >= 4 is 34.8 Å². The lowest BCUT2D eigenvalue weighted by Crippen LogP contribution is -2.30. The standard InChI is InChI=1S/C24H19ClF4N2O4/c1-12-3-6-15(7-4-12)35-13(2)22(33)30-19-11-21(32)20(10-17(19)25)31-23(34)14-5-8-16(18(26)9-14)24(27,28)29/h3-11,13,32H,1-2H3,(H,30,33)(H,31,34). The third kappa shape index (κ3) is 6.42. The van der Waals surface area contributed by atoms with Gasteiger partial charge in [-0.3, -0.25) is 9.59 Å². The molecule has 1 unspecified atom stereocenters. The molecule has 0 saturated carbocycles. The number of carbonyl (C=O) groups is 2. The number of aryl methyl sites for hydroxylation is 1. The smallest absolute Gasteiger partial charge is 0.419 e. The van der Waals surface area contributed by atoms with Gasteiger partial charge in [-0.15, -0.1) is 0 Å². The molecule has 0 heterocycles. The second kappa shape index (κ2) is 10.2. The first-order valence-corrected chi connectivity index (χ1v) is 10.5. The molecule has 2 amide bonds. The van der Waals surface area contributed by atoms with Crippen molar-refractivity contribution in [3.8, 4) is 11.5 Å². The Morgan fingerprint density at radius 3 is 2.26 bits per heavy atom. The van der Waals surface area contributed by atoms with Crippen LogP contribution >= 0.6 is 11.6 Å². The van der Waals surface area contributed by atoms with Crippen molar-refractivity contribution in [2.75, 3.05) is 10.6 Å². The Hall–Kier alpha value is -3.79. The van der Waals surface area contributed by atoms with E-state index in [1.54, 1.807) is 12.1 Å². The Morgan fingerprint density at radius 2 is 1.66 bits per heavy atom. The Kier molecular flexibility index (Phi) is 7.54. The minimum absolute atomic E-state index is 0.0205. The molecule has 3 rings (SSSR count). The Labute approximate surface area is 202 Å². The monoisotopic (exact) mass is 510 g/mol. The fourth-order valence-corrected chi connectivity index (χ4v) is 3.16. The zero-order chi connectivity index (χ0) is 25.9. The van der Waals surface area contributed by atoms with E-state index in [2.05, 4.69) is 10.6 Å². The van der Waals surface area contributed by atoms with Crippen molar-refractivity contribution in [2.45, 2.75) is 26.1 Å². The normalized spacial score (nSPS) is 12.1. The summed E-state index contributed by atoms with van der Waals surface area (Å²) in [5, 5.41) is 14.9. The summed E-state index contributed by atoms with van der Waals surface area (Å²) in [5.41, 5.74) is -1.09. The molecule has 3 aromatic rings. The molecular weight excluding hydrogens is 492 g/mol. The van der Waals surface area contributed by atoms with E-state index < -0.39 is 46.8 Å². The molecule has 0 spiro atoms. The van der Waals surface area contributed by atoms with Crippen LogP contribution in [0.3, 0.4) is 0 Å². The molecule has 6 nitrogen and oxygen atoms in total. The minimum atomic E-state index is -4.91. The number of ether oxygens (including phenoxy) is 1. The van der Waals surface area contributed by atoms with Crippen LogP contribution in [0, 0.1) is 12.7 Å². The molecule has 0 aliphatic heterocycles. The van der Waals surface area contributed by atoms with E-state index in [0.717, 1.165) is 23.8 Å². The number of hydrogen-bond acceptors (Lipinski definition) is 4. The van der Waals surface area contributed by atoms with E-state index in [4.69, 9.17) is 16.3 Å². The van der Waals surface area contributed by atoms with Gasteiger partial charge in [-0.2, -0.15) is 13.2 Å². The Balaban J connectivity index is 1.70. The highest BCUT2D eigenvalue weighted by molar-refractivity contribution is 6.34. The highest BCUT2D eigenvalue weighted by Crippen LogP contribution is 2.35. The van der Waals surface area contributed by atoms with Crippen LogP contribution in [0.2, 0.25) is 5.02 Å². The summed E-state index contributed by atoms with van der Waals surface area (Å²) >= 11 is 6.15. The second-order valence-electron chi connectivity index (χ2n) is 7.56.